The Morgan fingerprint density at radius 1 is 1.06 bits per heavy atom. The number of hydrogen-bond donors (Lipinski definition) is 1. The van der Waals surface area contributed by atoms with Crippen molar-refractivity contribution < 1.29 is 9.72 Å². The smallest absolute Gasteiger partial charge is 0.271 e. The molecule has 5 rings (SSSR count). The van der Waals surface area contributed by atoms with Gasteiger partial charge in [0, 0.05) is 22.0 Å². The zero-order valence-electron chi connectivity index (χ0n) is 17.4. The molecular weight excluding hydrogens is 460 g/mol. The summed E-state index contributed by atoms with van der Waals surface area (Å²) in [6.07, 6.45) is 1.47. The van der Waals surface area contributed by atoms with Crippen molar-refractivity contribution in [3.63, 3.8) is 0 Å². The Balaban J connectivity index is 1.67. The second-order valence-corrected chi connectivity index (χ2v) is 10.0. The summed E-state index contributed by atoms with van der Waals surface area (Å²) >= 11 is 3.40. The monoisotopic (exact) mass is 480 g/mol. The molecule has 0 radical (unpaired) electrons. The third kappa shape index (κ3) is 2.42. The molecule has 1 N–H and O–H groups in total. The predicted octanol–water partition coefficient (Wildman–Crippen LogP) is 5.27. The number of benzene rings is 2. The summed E-state index contributed by atoms with van der Waals surface area (Å²) in [6, 6.07) is 12.1. The zero-order chi connectivity index (χ0) is 22.2. The molecule has 8 heteroatoms. The van der Waals surface area contributed by atoms with Gasteiger partial charge in [-0.05, 0) is 52.4 Å². The number of fused-ring (bicyclic) bond motifs is 6. The van der Waals surface area contributed by atoms with Gasteiger partial charge in [-0.3, -0.25) is 14.9 Å². The first-order valence-electron chi connectivity index (χ1n) is 10.1. The van der Waals surface area contributed by atoms with Crippen LogP contribution in [0.25, 0.3) is 11.0 Å². The largest absolute Gasteiger partial charge is 0.324 e. The van der Waals surface area contributed by atoms with Crippen LogP contribution in [-0.4, -0.2) is 20.8 Å². The van der Waals surface area contributed by atoms with Crippen LogP contribution in [0.15, 0.2) is 46.9 Å². The topological polar surface area (TPSA) is 98.0 Å². The first-order chi connectivity index (χ1) is 14.6. The number of anilines is 1. The summed E-state index contributed by atoms with van der Waals surface area (Å²) in [7, 11) is 0. The highest BCUT2D eigenvalue weighted by Gasteiger charge is 2.73. The number of carbonyl (C=O) groups is 1. The van der Waals surface area contributed by atoms with Gasteiger partial charge in [-0.25, -0.2) is 9.97 Å². The number of amides is 1. The minimum absolute atomic E-state index is 0.0795. The van der Waals surface area contributed by atoms with E-state index in [-0.39, 0.29) is 17.0 Å². The van der Waals surface area contributed by atoms with E-state index >= 15 is 0 Å². The Morgan fingerprint density at radius 3 is 2.35 bits per heavy atom. The maximum Gasteiger partial charge on any atom is 0.271 e. The summed E-state index contributed by atoms with van der Waals surface area (Å²) in [4.78, 5) is 34.6. The maximum atomic E-state index is 13.9. The number of rotatable bonds is 3. The molecule has 0 spiro atoms. The fourth-order valence-corrected chi connectivity index (χ4v) is 5.85. The van der Waals surface area contributed by atoms with Crippen LogP contribution >= 0.6 is 15.9 Å². The molecule has 2 aliphatic rings. The maximum absolute atomic E-state index is 13.9. The lowest BCUT2D eigenvalue weighted by Crippen LogP contribution is -2.48. The van der Waals surface area contributed by atoms with Crippen molar-refractivity contribution in [1.82, 2.24) is 9.97 Å². The second-order valence-electron chi connectivity index (χ2n) is 9.15. The molecule has 1 saturated carbocycles. The molecule has 1 heterocycles. The Labute approximate surface area is 187 Å². The quantitative estimate of drug-likeness (QED) is 0.406. The highest BCUT2D eigenvalue weighted by atomic mass is 79.9. The van der Waals surface area contributed by atoms with Gasteiger partial charge in [-0.1, -0.05) is 32.9 Å². The highest BCUT2D eigenvalue weighted by Crippen LogP contribution is 2.70. The van der Waals surface area contributed by atoms with Crippen LogP contribution in [0.4, 0.5) is 11.4 Å². The molecule has 31 heavy (non-hydrogen) atoms. The number of nitrogens with zero attached hydrogens (tertiary/aromatic N) is 3. The normalized spacial score (nSPS) is 25.4. The first kappa shape index (κ1) is 20.1. The number of aromatic nitrogens is 2. The van der Waals surface area contributed by atoms with Crippen LogP contribution in [0.2, 0.25) is 0 Å². The lowest BCUT2D eigenvalue weighted by molar-refractivity contribution is -0.384. The van der Waals surface area contributed by atoms with Gasteiger partial charge >= 0.3 is 0 Å². The summed E-state index contributed by atoms with van der Waals surface area (Å²) in [6.45, 7) is 6.38. The van der Waals surface area contributed by atoms with Crippen LogP contribution in [0, 0.1) is 15.5 Å². The Bertz CT molecular complexity index is 1290. The third-order valence-electron chi connectivity index (χ3n) is 7.74. The molecule has 2 bridgehead atoms. The molecule has 7 nitrogen and oxygen atoms in total. The molecule has 2 aliphatic carbocycles. The van der Waals surface area contributed by atoms with Crippen LogP contribution in [0.3, 0.4) is 0 Å². The first-order valence-corrected chi connectivity index (χ1v) is 10.9. The SMILES string of the molecule is CC12CCC(C(=O)Nc3cc([N+](=O)[O-])ccc3Br)(c3nc4ccccc4nc31)C2(C)C. The van der Waals surface area contributed by atoms with E-state index < -0.39 is 15.8 Å². The summed E-state index contributed by atoms with van der Waals surface area (Å²) < 4.78 is 0.587. The van der Waals surface area contributed by atoms with Gasteiger partial charge in [0.1, 0.15) is 0 Å². The van der Waals surface area contributed by atoms with E-state index in [4.69, 9.17) is 9.97 Å². The molecule has 0 aliphatic heterocycles. The van der Waals surface area contributed by atoms with Crippen molar-refractivity contribution >= 4 is 44.2 Å². The fourth-order valence-electron chi connectivity index (χ4n) is 5.50. The minimum Gasteiger partial charge on any atom is -0.324 e. The summed E-state index contributed by atoms with van der Waals surface area (Å²) in [5, 5.41) is 14.2. The molecule has 1 aromatic heterocycles. The van der Waals surface area contributed by atoms with Crippen molar-refractivity contribution in [2.45, 2.75) is 44.4 Å². The molecule has 2 aromatic carbocycles. The number of carbonyl (C=O) groups excluding carboxylic acids is 1. The second kappa shape index (κ2) is 6.32. The Kier molecular flexibility index (Phi) is 4.09. The lowest BCUT2D eigenvalue weighted by Gasteiger charge is -2.39. The predicted molar refractivity (Wildman–Crippen MR) is 121 cm³/mol. The summed E-state index contributed by atoms with van der Waals surface area (Å²) in [5.41, 5.74) is 1.88. The van der Waals surface area contributed by atoms with Crippen LogP contribution in [0.5, 0.6) is 0 Å². The van der Waals surface area contributed by atoms with E-state index in [2.05, 4.69) is 42.0 Å². The third-order valence-corrected chi connectivity index (χ3v) is 8.43. The fraction of sp³-hybridized carbons (Fsp3) is 0.348. The van der Waals surface area contributed by atoms with E-state index in [1.807, 2.05) is 24.3 Å². The average molecular weight is 481 g/mol. The number of nitro benzene ring substituents is 1. The van der Waals surface area contributed by atoms with Gasteiger partial charge in [0.05, 0.1) is 38.4 Å². The van der Waals surface area contributed by atoms with E-state index in [9.17, 15) is 14.9 Å². The van der Waals surface area contributed by atoms with Crippen molar-refractivity contribution in [1.29, 1.82) is 0 Å². The average Bonchev–Trinajstić information content (AvgIpc) is 3.03. The number of halogens is 1. The van der Waals surface area contributed by atoms with Gasteiger partial charge in [0.2, 0.25) is 5.91 Å². The molecule has 1 amide bonds. The molecule has 0 saturated heterocycles. The number of nitro groups is 1. The standard InChI is InChI=1S/C23H21BrN4O3/c1-21(2)22(3)10-11-23(21,19-18(22)25-15-6-4-5-7-16(15)26-19)20(29)27-17-12-13(28(30)31)8-9-14(17)24/h4-9,12H,10-11H2,1-3H3,(H,27,29). The zero-order valence-corrected chi connectivity index (χ0v) is 19.0. The molecule has 2 atom stereocenters. The summed E-state index contributed by atoms with van der Waals surface area (Å²) in [5.74, 6) is -0.203. The molecule has 2 unspecified atom stereocenters. The molecule has 1 fully saturated rings. The van der Waals surface area contributed by atoms with E-state index in [1.54, 1.807) is 6.07 Å². The van der Waals surface area contributed by atoms with Crippen molar-refractivity contribution in [3.8, 4) is 0 Å². The van der Waals surface area contributed by atoms with Gasteiger partial charge in [-0.2, -0.15) is 0 Å². The highest BCUT2D eigenvalue weighted by molar-refractivity contribution is 9.10. The Morgan fingerprint density at radius 2 is 1.71 bits per heavy atom. The Hall–Kier alpha value is -2.87. The minimum atomic E-state index is -0.877. The number of nitrogens with one attached hydrogen (secondary N) is 1. The van der Waals surface area contributed by atoms with Gasteiger partial charge in [0.15, 0.2) is 0 Å². The van der Waals surface area contributed by atoms with Gasteiger partial charge in [-0.15, -0.1) is 0 Å². The number of non-ortho nitro benzene ring substituents is 1. The van der Waals surface area contributed by atoms with Crippen LogP contribution in [0.1, 0.15) is 45.0 Å². The molecular formula is C23H21BrN4O3. The van der Waals surface area contributed by atoms with Crippen molar-refractivity contribution in [2.24, 2.45) is 5.41 Å². The number of para-hydroxylation sites is 2. The molecule has 3 aromatic rings. The van der Waals surface area contributed by atoms with Crippen molar-refractivity contribution in [3.05, 3.63) is 68.4 Å². The lowest BCUT2D eigenvalue weighted by atomic mass is 9.63. The van der Waals surface area contributed by atoms with Crippen LogP contribution < -0.4 is 5.32 Å². The van der Waals surface area contributed by atoms with Gasteiger partial charge in [0.25, 0.3) is 5.69 Å². The van der Waals surface area contributed by atoms with Crippen LogP contribution in [-0.2, 0) is 15.6 Å². The van der Waals surface area contributed by atoms with Crippen molar-refractivity contribution in [2.75, 3.05) is 5.32 Å². The molecule has 158 valence electrons. The van der Waals surface area contributed by atoms with E-state index in [1.165, 1.54) is 12.1 Å². The number of hydrogen-bond acceptors (Lipinski definition) is 5. The van der Waals surface area contributed by atoms with E-state index in [0.717, 1.165) is 28.8 Å². The van der Waals surface area contributed by atoms with E-state index in [0.29, 0.717) is 16.6 Å². The van der Waals surface area contributed by atoms with Gasteiger partial charge < -0.3 is 5.32 Å².